The van der Waals surface area contributed by atoms with Crippen molar-refractivity contribution in [2.75, 3.05) is 38.5 Å². The summed E-state index contributed by atoms with van der Waals surface area (Å²) in [5, 5.41) is 10.9. The van der Waals surface area contributed by atoms with Gasteiger partial charge >= 0.3 is 5.97 Å². The van der Waals surface area contributed by atoms with Crippen LogP contribution in [0.1, 0.15) is 58.0 Å². The highest BCUT2D eigenvalue weighted by molar-refractivity contribution is 7.89. The summed E-state index contributed by atoms with van der Waals surface area (Å²) in [5.41, 5.74) is 5.42. The van der Waals surface area contributed by atoms with Gasteiger partial charge in [-0.3, -0.25) is 0 Å². The molecule has 6 rings (SSSR count). The van der Waals surface area contributed by atoms with Crippen molar-refractivity contribution in [2.45, 2.75) is 38.1 Å². The zero-order valence-electron chi connectivity index (χ0n) is 27.4. The van der Waals surface area contributed by atoms with Crippen LogP contribution in [-0.4, -0.2) is 67.5 Å². The van der Waals surface area contributed by atoms with Crippen LogP contribution < -0.4 is 9.46 Å². The van der Waals surface area contributed by atoms with Gasteiger partial charge in [0.1, 0.15) is 5.75 Å². The number of likely N-dealkylation sites (tertiary alicyclic amines) is 1. The average molecular weight is 700 g/mol. The van der Waals surface area contributed by atoms with E-state index in [1.165, 1.54) is 18.6 Å². The van der Waals surface area contributed by atoms with Crippen molar-refractivity contribution in [3.05, 3.63) is 136 Å². The average Bonchev–Trinajstić information content (AvgIpc) is 3.40. The number of piperidine rings is 1. The van der Waals surface area contributed by atoms with E-state index in [4.69, 9.17) is 16.3 Å². The molecule has 1 aliphatic heterocycles. The molecular formula is C39H42ClN3O5S. The molecule has 4 aromatic carbocycles. The standard InChI is InChI=1S/C39H42ClN3O5S/c40-32-16-19-36-35(28-32)34(21-26-48-33-17-14-31(15-18-33)39(44)45)37(20-22-41-49(46,47)27-25-42-23-8-3-9-24-42)43(36)38(29-10-4-1-5-11-29)30-12-6-2-7-13-30/h1-2,4-7,10-19,28,38,41H,3,8-9,20-27H2,(H,44,45). The Bertz CT molecular complexity index is 1920. The van der Waals surface area contributed by atoms with E-state index in [1.807, 2.05) is 54.6 Å². The molecule has 1 fully saturated rings. The maximum absolute atomic E-state index is 13.2. The largest absolute Gasteiger partial charge is 0.493 e. The third-order valence-electron chi connectivity index (χ3n) is 9.20. The van der Waals surface area contributed by atoms with Crippen molar-refractivity contribution in [3.8, 4) is 5.75 Å². The molecule has 0 bridgehead atoms. The number of aromatic nitrogens is 1. The van der Waals surface area contributed by atoms with Crippen LogP contribution in [0.2, 0.25) is 5.02 Å². The molecule has 8 nitrogen and oxygen atoms in total. The lowest BCUT2D eigenvalue weighted by atomic mass is 9.97. The maximum atomic E-state index is 13.2. The number of nitrogens with zero attached hydrogens (tertiary/aromatic N) is 2. The molecule has 0 radical (unpaired) electrons. The van der Waals surface area contributed by atoms with Crippen LogP contribution in [0.4, 0.5) is 0 Å². The number of rotatable bonds is 15. The first-order chi connectivity index (χ1) is 23.8. The number of nitrogens with one attached hydrogen (secondary N) is 1. The van der Waals surface area contributed by atoms with E-state index < -0.39 is 16.0 Å². The van der Waals surface area contributed by atoms with Gasteiger partial charge in [-0.25, -0.2) is 17.9 Å². The third-order valence-corrected chi connectivity index (χ3v) is 10.8. The highest BCUT2D eigenvalue weighted by Crippen LogP contribution is 2.37. The summed E-state index contributed by atoms with van der Waals surface area (Å²) in [6.45, 7) is 3.01. The van der Waals surface area contributed by atoms with Crippen molar-refractivity contribution in [3.63, 3.8) is 0 Å². The number of carbonyl (C=O) groups is 1. The zero-order chi connectivity index (χ0) is 34.2. The minimum absolute atomic E-state index is 0.0730. The first kappa shape index (κ1) is 34.7. The van der Waals surface area contributed by atoms with Crippen molar-refractivity contribution in [1.82, 2.24) is 14.2 Å². The number of benzene rings is 4. The lowest BCUT2D eigenvalue weighted by molar-refractivity contribution is 0.0697. The summed E-state index contributed by atoms with van der Waals surface area (Å²) in [7, 11) is -3.49. The van der Waals surface area contributed by atoms with Crippen LogP contribution in [0.15, 0.2) is 103 Å². The molecule has 1 aliphatic rings. The minimum Gasteiger partial charge on any atom is -0.493 e. The number of carboxylic acid groups (broad SMARTS) is 1. The van der Waals surface area contributed by atoms with Crippen molar-refractivity contribution < 1.29 is 23.1 Å². The molecule has 0 atom stereocenters. The molecule has 256 valence electrons. The van der Waals surface area contributed by atoms with E-state index >= 15 is 0 Å². The SMILES string of the molecule is O=C(O)c1ccc(OCCc2c(CCNS(=O)(=O)CCN3CCCCC3)n(C(c3ccccc3)c3ccccc3)c3ccc(Cl)cc23)cc1. The molecule has 2 N–H and O–H groups in total. The molecule has 10 heteroatoms. The highest BCUT2D eigenvalue weighted by atomic mass is 35.5. The Morgan fingerprint density at radius 1 is 0.857 bits per heavy atom. The molecular weight excluding hydrogens is 658 g/mol. The molecule has 0 saturated carbocycles. The Balaban J connectivity index is 1.36. The van der Waals surface area contributed by atoms with Gasteiger partial charge in [0.2, 0.25) is 10.0 Å². The molecule has 2 heterocycles. The van der Waals surface area contributed by atoms with E-state index in [9.17, 15) is 18.3 Å². The Hall–Kier alpha value is -4.15. The summed E-state index contributed by atoms with van der Waals surface area (Å²) in [4.78, 5) is 13.6. The van der Waals surface area contributed by atoms with E-state index in [0.717, 1.165) is 59.2 Å². The van der Waals surface area contributed by atoms with Crippen molar-refractivity contribution in [1.29, 1.82) is 0 Å². The molecule has 5 aromatic rings. The fourth-order valence-electron chi connectivity index (χ4n) is 6.81. The molecule has 49 heavy (non-hydrogen) atoms. The number of halogens is 1. The van der Waals surface area contributed by atoms with Crippen LogP contribution >= 0.6 is 11.6 Å². The minimum atomic E-state index is -3.49. The van der Waals surface area contributed by atoms with Crippen LogP contribution in [0.25, 0.3) is 10.9 Å². The fraction of sp³-hybridized carbons (Fsp3) is 0.308. The van der Waals surface area contributed by atoms with Gasteiger partial charge in [0.15, 0.2) is 0 Å². The highest BCUT2D eigenvalue weighted by Gasteiger charge is 2.26. The van der Waals surface area contributed by atoms with Gasteiger partial charge in [0.05, 0.1) is 24.0 Å². The van der Waals surface area contributed by atoms with Crippen molar-refractivity contribution >= 4 is 38.5 Å². The predicted molar refractivity (Wildman–Crippen MR) is 195 cm³/mol. The number of hydrogen-bond donors (Lipinski definition) is 2. The number of ether oxygens (including phenoxy) is 1. The predicted octanol–water partition coefficient (Wildman–Crippen LogP) is 7.20. The van der Waals surface area contributed by atoms with Crippen molar-refractivity contribution in [2.24, 2.45) is 0 Å². The molecule has 0 unspecified atom stereocenters. The summed E-state index contributed by atoms with van der Waals surface area (Å²) in [6, 6.07) is 32.7. The second kappa shape index (κ2) is 16.0. The van der Waals surface area contributed by atoms with E-state index in [0.29, 0.717) is 36.8 Å². The van der Waals surface area contributed by atoms with Gasteiger partial charge in [-0.2, -0.15) is 0 Å². The number of aromatic carboxylic acids is 1. The number of carboxylic acids is 1. The van der Waals surface area contributed by atoms with E-state index in [2.05, 4.69) is 38.5 Å². The van der Waals surface area contributed by atoms with Crippen LogP contribution in [0.3, 0.4) is 0 Å². The Morgan fingerprint density at radius 2 is 1.51 bits per heavy atom. The van der Waals surface area contributed by atoms with Gasteiger partial charge in [0, 0.05) is 47.6 Å². The van der Waals surface area contributed by atoms with Gasteiger partial charge in [-0.1, -0.05) is 78.7 Å². The second-order valence-corrected chi connectivity index (χ2v) is 14.8. The smallest absolute Gasteiger partial charge is 0.335 e. The molecule has 0 aliphatic carbocycles. The third kappa shape index (κ3) is 8.72. The van der Waals surface area contributed by atoms with Gasteiger partial charge in [-0.15, -0.1) is 0 Å². The quantitative estimate of drug-likeness (QED) is 0.120. The number of sulfonamides is 1. The second-order valence-electron chi connectivity index (χ2n) is 12.5. The Labute approximate surface area is 293 Å². The van der Waals surface area contributed by atoms with Gasteiger partial charge in [0.25, 0.3) is 0 Å². The number of hydrogen-bond acceptors (Lipinski definition) is 5. The van der Waals surface area contributed by atoms with E-state index in [-0.39, 0.29) is 23.9 Å². The molecule has 0 amide bonds. The molecule has 1 aromatic heterocycles. The summed E-state index contributed by atoms with van der Waals surface area (Å²) in [5.74, 6) is -0.348. The maximum Gasteiger partial charge on any atom is 0.335 e. The summed E-state index contributed by atoms with van der Waals surface area (Å²) < 4.78 is 37.7. The lowest BCUT2D eigenvalue weighted by Gasteiger charge is -2.26. The fourth-order valence-corrected chi connectivity index (χ4v) is 8.03. The first-order valence-electron chi connectivity index (χ1n) is 16.9. The molecule has 1 saturated heterocycles. The van der Waals surface area contributed by atoms with Crippen LogP contribution in [-0.2, 0) is 22.9 Å². The summed E-state index contributed by atoms with van der Waals surface area (Å²) in [6.07, 6.45) is 4.42. The van der Waals surface area contributed by atoms with Gasteiger partial charge in [-0.05, 0) is 85.1 Å². The monoisotopic (exact) mass is 699 g/mol. The topological polar surface area (TPSA) is 101 Å². The normalized spacial score (nSPS) is 14.0. The van der Waals surface area contributed by atoms with Gasteiger partial charge < -0.3 is 19.3 Å². The van der Waals surface area contributed by atoms with E-state index in [1.54, 1.807) is 12.1 Å². The Morgan fingerprint density at radius 3 is 2.14 bits per heavy atom. The summed E-state index contributed by atoms with van der Waals surface area (Å²) >= 11 is 6.62. The zero-order valence-corrected chi connectivity index (χ0v) is 29.0. The molecule has 0 spiro atoms. The van der Waals surface area contributed by atoms with Crippen LogP contribution in [0, 0.1) is 0 Å². The lowest BCUT2D eigenvalue weighted by Crippen LogP contribution is -2.37. The Kier molecular flexibility index (Phi) is 11.4. The number of fused-ring (bicyclic) bond motifs is 1. The first-order valence-corrected chi connectivity index (χ1v) is 18.9. The van der Waals surface area contributed by atoms with Crippen LogP contribution in [0.5, 0.6) is 5.75 Å².